The van der Waals surface area contributed by atoms with Gasteiger partial charge >= 0.3 is 0 Å². The van der Waals surface area contributed by atoms with E-state index in [1.807, 2.05) is 11.3 Å². The maximum absolute atomic E-state index is 5.51. The number of nitrogens with two attached hydrogens (primary N) is 1. The summed E-state index contributed by atoms with van der Waals surface area (Å²) < 4.78 is 5.19. The van der Waals surface area contributed by atoms with Gasteiger partial charge in [-0.15, -0.1) is 11.3 Å². The van der Waals surface area contributed by atoms with Crippen molar-refractivity contribution in [3.8, 4) is 0 Å². The van der Waals surface area contributed by atoms with Crippen LogP contribution in [0.3, 0.4) is 0 Å². The highest BCUT2D eigenvalue weighted by atomic mass is 32.1. The topological polar surface area (TPSA) is 47.3 Å². The van der Waals surface area contributed by atoms with Crippen LogP contribution in [0.4, 0.5) is 0 Å². The second-order valence-corrected chi connectivity index (χ2v) is 4.90. The van der Waals surface area contributed by atoms with Crippen LogP contribution in [-0.2, 0) is 11.2 Å². The Kier molecular flexibility index (Phi) is 7.42. The molecule has 0 saturated heterocycles. The van der Waals surface area contributed by atoms with Crippen molar-refractivity contribution < 1.29 is 4.74 Å². The van der Waals surface area contributed by atoms with E-state index in [-0.39, 0.29) is 0 Å². The van der Waals surface area contributed by atoms with E-state index in [9.17, 15) is 0 Å². The molecule has 0 fully saturated rings. The minimum atomic E-state index is 0.438. The Balaban J connectivity index is 2.15. The van der Waals surface area contributed by atoms with Crippen molar-refractivity contribution in [1.29, 1.82) is 0 Å². The molecule has 0 saturated carbocycles. The number of ether oxygens (including phenoxy) is 1. The van der Waals surface area contributed by atoms with Crippen molar-refractivity contribution in [3.05, 3.63) is 22.4 Å². The molecule has 0 amide bonds. The maximum atomic E-state index is 5.51. The van der Waals surface area contributed by atoms with Crippen LogP contribution >= 0.6 is 11.3 Å². The van der Waals surface area contributed by atoms with Crippen molar-refractivity contribution in [2.24, 2.45) is 5.73 Å². The van der Waals surface area contributed by atoms with Crippen LogP contribution in [0.2, 0.25) is 0 Å². The van der Waals surface area contributed by atoms with E-state index < -0.39 is 0 Å². The zero-order valence-electron chi connectivity index (χ0n) is 9.95. The molecule has 1 atom stereocenters. The van der Waals surface area contributed by atoms with Crippen molar-refractivity contribution >= 4 is 11.3 Å². The van der Waals surface area contributed by atoms with Crippen molar-refractivity contribution in [2.75, 3.05) is 26.8 Å². The largest absolute Gasteiger partial charge is 0.383 e. The SMILES string of the molecule is COCC(CCCN)NCCc1cccs1. The third-order valence-electron chi connectivity index (χ3n) is 2.51. The van der Waals surface area contributed by atoms with Gasteiger partial charge in [-0.2, -0.15) is 0 Å². The van der Waals surface area contributed by atoms with E-state index in [1.165, 1.54) is 4.88 Å². The van der Waals surface area contributed by atoms with Crippen molar-refractivity contribution in [3.63, 3.8) is 0 Å². The molecule has 1 aromatic rings. The van der Waals surface area contributed by atoms with E-state index in [2.05, 4.69) is 22.8 Å². The number of thiophene rings is 1. The first-order chi connectivity index (χ1) is 7.86. The third kappa shape index (κ3) is 5.61. The lowest BCUT2D eigenvalue weighted by atomic mass is 10.1. The van der Waals surface area contributed by atoms with E-state index in [1.54, 1.807) is 7.11 Å². The van der Waals surface area contributed by atoms with Crippen LogP contribution in [0.5, 0.6) is 0 Å². The Labute approximate surface area is 102 Å². The molecular weight excluding hydrogens is 220 g/mol. The normalized spacial score (nSPS) is 12.9. The number of rotatable bonds is 9. The molecule has 4 heteroatoms. The quantitative estimate of drug-likeness (QED) is 0.692. The van der Waals surface area contributed by atoms with Gasteiger partial charge in [0.2, 0.25) is 0 Å². The number of nitrogens with one attached hydrogen (secondary N) is 1. The van der Waals surface area contributed by atoms with Crippen LogP contribution < -0.4 is 11.1 Å². The Morgan fingerprint density at radius 2 is 2.44 bits per heavy atom. The van der Waals surface area contributed by atoms with E-state index in [0.717, 1.165) is 39.0 Å². The average Bonchev–Trinajstić information content (AvgIpc) is 2.79. The smallest absolute Gasteiger partial charge is 0.0615 e. The fourth-order valence-corrected chi connectivity index (χ4v) is 2.37. The summed E-state index contributed by atoms with van der Waals surface area (Å²) >= 11 is 1.81. The predicted molar refractivity (Wildman–Crippen MR) is 70.0 cm³/mol. The van der Waals surface area contributed by atoms with Gasteiger partial charge in [-0.1, -0.05) is 6.07 Å². The molecule has 3 N–H and O–H groups in total. The molecule has 1 aromatic heterocycles. The van der Waals surface area contributed by atoms with Gasteiger partial charge in [0.15, 0.2) is 0 Å². The van der Waals surface area contributed by atoms with E-state index in [0.29, 0.717) is 6.04 Å². The second kappa shape index (κ2) is 8.70. The van der Waals surface area contributed by atoms with Crippen LogP contribution in [0.25, 0.3) is 0 Å². The zero-order chi connectivity index (χ0) is 11.6. The molecule has 92 valence electrons. The molecule has 16 heavy (non-hydrogen) atoms. The molecular formula is C12H22N2OS. The summed E-state index contributed by atoms with van der Waals surface area (Å²) in [5.74, 6) is 0. The summed E-state index contributed by atoms with van der Waals surface area (Å²) in [7, 11) is 1.75. The molecule has 0 aliphatic heterocycles. The standard InChI is InChI=1S/C12H22N2OS/c1-15-10-11(4-2-7-13)14-8-6-12-5-3-9-16-12/h3,5,9,11,14H,2,4,6-8,10,13H2,1H3. The van der Waals surface area contributed by atoms with Gasteiger partial charge in [-0.05, 0) is 37.3 Å². The van der Waals surface area contributed by atoms with Gasteiger partial charge in [0.25, 0.3) is 0 Å². The van der Waals surface area contributed by atoms with Crippen molar-refractivity contribution in [2.45, 2.75) is 25.3 Å². The molecule has 1 rings (SSSR count). The molecule has 0 aliphatic rings. The molecule has 0 aromatic carbocycles. The Bertz CT molecular complexity index is 252. The first-order valence-electron chi connectivity index (χ1n) is 5.81. The highest BCUT2D eigenvalue weighted by Crippen LogP contribution is 2.08. The van der Waals surface area contributed by atoms with Gasteiger partial charge in [0, 0.05) is 24.6 Å². The predicted octanol–water partition coefficient (Wildman–Crippen LogP) is 1.63. The van der Waals surface area contributed by atoms with Gasteiger partial charge < -0.3 is 15.8 Å². The van der Waals surface area contributed by atoms with Crippen LogP contribution in [-0.4, -0.2) is 32.8 Å². The minimum absolute atomic E-state index is 0.438. The zero-order valence-corrected chi connectivity index (χ0v) is 10.8. The molecule has 3 nitrogen and oxygen atoms in total. The lowest BCUT2D eigenvalue weighted by Gasteiger charge is -2.17. The summed E-state index contributed by atoms with van der Waals surface area (Å²) in [6.45, 7) is 2.54. The third-order valence-corrected chi connectivity index (χ3v) is 3.45. The maximum Gasteiger partial charge on any atom is 0.0615 e. The lowest BCUT2D eigenvalue weighted by molar-refractivity contribution is 0.162. The fraction of sp³-hybridized carbons (Fsp3) is 0.667. The monoisotopic (exact) mass is 242 g/mol. The molecule has 1 heterocycles. The van der Waals surface area contributed by atoms with Crippen LogP contribution in [0.15, 0.2) is 17.5 Å². The molecule has 0 radical (unpaired) electrons. The Morgan fingerprint density at radius 1 is 1.56 bits per heavy atom. The van der Waals surface area contributed by atoms with Gasteiger partial charge in [0.05, 0.1) is 6.61 Å². The first kappa shape index (κ1) is 13.6. The summed E-state index contributed by atoms with van der Waals surface area (Å²) in [5.41, 5.74) is 5.51. The fourth-order valence-electron chi connectivity index (χ4n) is 1.66. The Hall–Kier alpha value is -0.420. The molecule has 0 spiro atoms. The number of hydrogen-bond acceptors (Lipinski definition) is 4. The summed E-state index contributed by atoms with van der Waals surface area (Å²) in [5, 5.41) is 5.64. The molecule has 0 bridgehead atoms. The highest BCUT2D eigenvalue weighted by Gasteiger charge is 2.06. The van der Waals surface area contributed by atoms with E-state index in [4.69, 9.17) is 10.5 Å². The van der Waals surface area contributed by atoms with Gasteiger partial charge in [-0.25, -0.2) is 0 Å². The highest BCUT2D eigenvalue weighted by molar-refractivity contribution is 7.09. The van der Waals surface area contributed by atoms with Crippen LogP contribution in [0.1, 0.15) is 17.7 Å². The summed E-state index contributed by atoms with van der Waals surface area (Å²) in [4.78, 5) is 1.43. The first-order valence-corrected chi connectivity index (χ1v) is 6.69. The number of hydrogen-bond donors (Lipinski definition) is 2. The molecule has 1 unspecified atom stereocenters. The van der Waals surface area contributed by atoms with Gasteiger partial charge in [-0.3, -0.25) is 0 Å². The van der Waals surface area contributed by atoms with Crippen molar-refractivity contribution in [1.82, 2.24) is 5.32 Å². The minimum Gasteiger partial charge on any atom is -0.383 e. The van der Waals surface area contributed by atoms with Gasteiger partial charge in [0.1, 0.15) is 0 Å². The second-order valence-electron chi connectivity index (χ2n) is 3.87. The number of methoxy groups -OCH3 is 1. The van der Waals surface area contributed by atoms with Crippen LogP contribution in [0, 0.1) is 0 Å². The summed E-state index contributed by atoms with van der Waals surface area (Å²) in [6.07, 6.45) is 3.25. The Morgan fingerprint density at radius 3 is 3.06 bits per heavy atom. The van der Waals surface area contributed by atoms with E-state index >= 15 is 0 Å². The lowest BCUT2D eigenvalue weighted by Crippen LogP contribution is -2.35. The average molecular weight is 242 g/mol. The molecule has 0 aliphatic carbocycles. The summed E-state index contributed by atoms with van der Waals surface area (Å²) in [6, 6.07) is 4.71.